The highest BCUT2D eigenvalue weighted by Gasteiger charge is 1.79. The third kappa shape index (κ3) is 3.68. The first-order valence-electron chi connectivity index (χ1n) is 2.67. The van der Waals surface area contributed by atoms with Gasteiger partial charge < -0.3 is 10.1 Å². The van der Waals surface area contributed by atoms with Crippen molar-refractivity contribution in [1.82, 2.24) is 5.32 Å². The molecule has 0 fully saturated rings. The van der Waals surface area contributed by atoms with Gasteiger partial charge in [-0.05, 0) is 13.8 Å². The Hall–Kier alpha value is -0.500. The lowest BCUT2D eigenvalue weighted by Gasteiger charge is -2.01. The number of allylic oxidation sites excluding steroid dienone is 2. The van der Waals surface area contributed by atoms with Crippen LogP contribution in [0, 0.1) is 0 Å². The second-order valence-electron chi connectivity index (χ2n) is 1.58. The van der Waals surface area contributed by atoms with Crippen molar-refractivity contribution >= 4 is 0 Å². The van der Waals surface area contributed by atoms with E-state index in [2.05, 4.69) is 5.32 Å². The standard InChI is InChI=1S/C6H13NO/c1-4-6(2)7-5-8-3/h4,7H,5H2,1-3H3/b6-4-. The lowest BCUT2D eigenvalue weighted by Crippen LogP contribution is -2.13. The zero-order valence-corrected chi connectivity index (χ0v) is 5.69. The number of methoxy groups -OCH3 is 1. The molecule has 2 heteroatoms. The molecule has 0 heterocycles. The van der Waals surface area contributed by atoms with Crippen molar-refractivity contribution in [2.24, 2.45) is 0 Å². The highest BCUT2D eigenvalue weighted by molar-refractivity contribution is 4.90. The summed E-state index contributed by atoms with van der Waals surface area (Å²) < 4.78 is 4.76. The summed E-state index contributed by atoms with van der Waals surface area (Å²) in [5.41, 5.74) is 1.15. The number of nitrogens with one attached hydrogen (secondary N) is 1. The molecule has 0 spiro atoms. The fraction of sp³-hybridized carbons (Fsp3) is 0.667. The van der Waals surface area contributed by atoms with E-state index in [-0.39, 0.29) is 0 Å². The molecule has 0 atom stereocenters. The largest absolute Gasteiger partial charge is 0.367 e. The Labute approximate surface area is 50.5 Å². The van der Waals surface area contributed by atoms with Crippen molar-refractivity contribution in [2.75, 3.05) is 13.8 Å². The monoisotopic (exact) mass is 115 g/mol. The van der Waals surface area contributed by atoms with Crippen LogP contribution in [-0.4, -0.2) is 13.8 Å². The van der Waals surface area contributed by atoms with Gasteiger partial charge in [-0.15, -0.1) is 0 Å². The van der Waals surface area contributed by atoms with E-state index in [1.165, 1.54) is 0 Å². The van der Waals surface area contributed by atoms with Crippen molar-refractivity contribution in [1.29, 1.82) is 0 Å². The predicted molar refractivity (Wildman–Crippen MR) is 34.4 cm³/mol. The molecule has 0 aliphatic rings. The van der Waals surface area contributed by atoms with Crippen molar-refractivity contribution in [3.8, 4) is 0 Å². The zero-order chi connectivity index (χ0) is 6.41. The predicted octanol–water partition coefficient (Wildman–Crippen LogP) is 1.10. The van der Waals surface area contributed by atoms with Crippen LogP contribution in [-0.2, 0) is 4.74 Å². The molecule has 0 rings (SSSR count). The number of ether oxygens (including phenoxy) is 1. The molecular weight excluding hydrogens is 102 g/mol. The molecular formula is C6H13NO. The minimum absolute atomic E-state index is 0.593. The van der Waals surface area contributed by atoms with Crippen molar-refractivity contribution in [3.05, 3.63) is 11.8 Å². The van der Waals surface area contributed by atoms with Crippen LogP contribution in [0.15, 0.2) is 11.8 Å². The van der Waals surface area contributed by atoms with Gasteiger partial charge in [-0.3, -0.25) is 0 Å². The number of rotatable bonds is 3. The SMILES string of the molecule is C/C=C(/C)NCOC. The summed E-state index contributed by atoms with van der Waals surface area (Å²) in [6.07, 6.45) is 2.00. The number of hydrogen-bond acceptors (Lipinski definition) is 2. The van der Waals surface area contributed by atoms with Gasteiger partial charge in [0.1, 0.15) is 6.73 Å². The smallest absolute Gasteiger partial charge is 0.115 e. The van der Waals surface area contributed by atoms with E-state index >= 15 is 0 Å². The minimum Gasteiger partial charge on any atom is -0.367 e. The van der Waals surface area contributed by atoms with Gasteiger partial charge in [-0.2, -0.15) is 0 Å². The quantitative estimate of drug-likeness (QED) is 0.556. The van der Waals surface area contributed by atoms with Crippen molar-refractivity contribution in [2.45, 2.75) is 13.8 Å². The Morgan fingerprint density at radius 3 is 2.75 bits per heavy atom. The van der Waals surface area contributed by atoms with Crippen LogP contribution in [0.4, 0.5) is 0 Å². The summed E-state index contributed by atoms with van der Waals surface area (Å²) in [6, 6.07) is 0. The summed E-state index contributed by atoms with van der Waals surface area (Å²) in [4.78, 5) is 0. The zero-order valence-electron chi connectivity index (χ0n) is 5.69. The van der Waals surface area contributed by atoms with Crippen LogP contribution >= 0.6 is 0 Å². The molecule has 2 nitrogen and oxygen atoms in total. The molecule has 48 valence electrons. The lowest BCUT2D eigenvalue weighted by atomic mass is 10.5. The maximum absolute atomic E-state index is 4.76. The average Bonchev–Trinajstić information content (AvgIpc) is 1.83. The Kier molecular flexibility index (Phi) is 4.36. The third-order valence-corrected chi connectivity index (χ3v) is 0.928. The molecule has 1 N–H and O–H groups in total. The highest BCUT2D eigenvalue weighted by atomic mass is 16.5. The Morgan fingerprint density at radius 1 is 1.75 bits per heavy atom. The van der Waals surface area contributed by atoms with E-state index in [0.29, 0.717) is 6.73 Å². The topological polar surface area (TPSA) is 21.3 Å². The maximum Gasteiger partial charge on any atom is 0.115 e. The summed E-state index contributed by atoms with van der Waals surface area (Å²) in [5, 5.41) is 3.02. The van der Waals surface area contributed by atoms with Gasteiger partial charge in [-0.1, -0.05) is 6.08 Å². The van der Waals surface area contributed by atoms with E-state index in [1.807, 2.05) is 19.9 Å². The normalized spacial score (nSPS) is 11.6. The van der Waals surface area contributed by atoms with Gasteiger partial charge in [0.2, 0.25) is 0 Å². The van der Waals surface area contributed by atoms with E-state index in [4.69, 9.17) is 4.74 Å². The van der Waals surface area contributed by atoms with Gasteiger partial charge in [0.25, 0.3) is 0 Å². The fourth-order valence-electron chi connectivity index (χ4n) is 0.288. The molecule has 0 radical (unpaired) electrons. The minimum atomic E-state index is 0.593. The van der Waals surface area contributed by atoms with Crippen LogP contribution in [0.3, 0.4) is 0 Å². The molecule has 0 aromatic rings. The van der Waals surface area contributed by atoms with Gasteiger partial charge in [0, 0.05) is 12.8 Å². The highest BCUT2D eigenvalue weighted by Crippen LogP contribution is 1.81. The van der Waals surface area contributed by atoms with E-state index < -0.39 is 0 Å². The second kappa shape index (κ2) is 4.65. The molecule has 0 unspecified atom stereocenters. The molecule has 0 saturated carbocycles. The van der Waals surface area contributed by atoms with Gasteiger partial charge in [0.05, 0.1) is 0 Å². The van der Waals surface area contributed by atoms with Gasteiger partial charge in [0.15, 0.2) is 0 Å². The summed E-state index contributed by atoms with van der Waals surface area (Å²) in [6.45, 7) is 4.58. The molecule has 0 amide bonds. The molecule has 0 aliphatic heterocycles. The van der Waals surface area contributed by atoms with Crippen LogP contribution in [0.1, 0.15) is 13.8 Å². The second-order valence-corrected chi connectivity index (χ2v) is 1.58. The molecule has 0 aliphatic carbocycles. The van der Waals surface area contributed by atoms with Crippen LogP contribution in [0.2, 0.25) is 0 Å². The maximum atomic E-state index is 4.76. The fourth-order valence-corrected chi connectivity index (χ4v) is 0.288. The average molecular weight is 115 g/mol. The van der Waals surface area contributed by atoms with Crippen LogP contribution in [0.25, 0.3) is 0 Å². The lowest BCUT2D eigenvalue weighted by molar-refractivity contribution is 0.184. The number of hydrogen-bond donors (Lipinski definition) is 1. The van der Waals surface area contributed by atoms with Crippen molar-refractivity contribution in [3.63, 3.8) is 0 Å². The van der Waals surface area contributed by atoms with Crippen LogP contribution in [0.5, 0.6) is 0 Å². The molecule has 0 aromatic heterocycles. The third-order valence-electron chi connectivity index (χ3n) is 0.928. The molecule has 0 aromatic carbocycles. The van der Waals surface area contributed by atoms with E-state index in [0.717, 1.165) is 5.70 Å². The molecule has 0 saturated heterocycles. The van der Waals surface area contributed by atoms with Crippen molar-refractivity contribution < 1.29 is 4.74 Å². The Morgan fingerprint density at radius 2 is 2.38 bits per heavy atom. The van der Waals surface area contributed by atoms with E-state index in [9.17, 15) is 0 Å². The summed E-state index contributed by atoms with van der Waals surface area (Å²) in [5.74, 6) is 0. The van der Waals surface area contributed by atoms with Gasteiger partial charge in [-0.25, -0.2) is 0 Å². The summed E-state index contributed by atoms with van der Waals surface area (Å²) in [7, 11) is 1.66. The first kappa shape index (κ1) is 7.50. The van der Waals surface area contributed by atoms with Gasteiger partial charge >= 0.3 is 0 Å². The first-order chi connectivity index (χ1) is 3.81. The Balaban J connectivity index is 3.12. The first-order valence-corrected chi connectivity index (χ1v) is 2.67. The summed E-state index contributed by atoms with van der Waals surface area (Å²) >= 11 is 0. The Bertz CT molecular complexity index is 78.6. The molecule has 0 bridgehead atoms. The van der Waals surface area contributed by atoms with Crippen LogP contribution < -0.4 is 5.32 Å². The van der Waals surface area contributed by atoms with E-state index in [1.54, 1.807) is 7.11 Å². The molecule has 8 heavy (non-hydrogen) atoms.